The smallest absolute Gasteiger partial charge is 0.387 e. The van der Waals surface area contributed by atoms with Crippen molar-refractivity contribution in [2.45, 2.75) is 20.0 Å². The van der Waals surface area contributed by atoms with Crippen LogP contribution in [0, 0.1) is 6.92 Å². The summed E-state index contributed by atoms with van der Waals surface area (Å²) in [6.45, 7) is -0.699. The third-order valence-corrected chi connectivity index (χ3v) is 4.27. The zero-order valence-corrected chi connectivity index (χ0v) is 15.7. The van der Waals surface area contributed by atoms with E-state index in [0.717, 1.165) is 16.6 Å². The normalized spacial score (nSPS) is 11.1. The lowest BCUT2D eigenvalue weighted by atomic mass is 10.1. The Kier molecular flexibility index (Phi) is 5.72. The topological polar surface area (TPSA) is 78.3 Å². The van der Waals surface area contributed by atoms with Gasteiger partial charge in [0, 0.05) is 25.2 Å². The standard InChI is InChI=1S/C19H20F2N4O3/c1-11-14-9-13(10-23-17(14)25(2)24-11)18(26)22-7-6-12-4-5-15(28-19(20)21)16(8-12)27-3/h4-5,8-10,19H,6-7H2,1-3H3,(H,22,26). The molecule has 0 unspecified atom stereocenters. The first-order chi connectivity index (χ1) is 13.4. The highest BCUT2D eigenvalue weighted by Gasteiger charge is 2.13. The van der Waals surface area contributed by atoms with Gasteiger partial charge in [-0.15, -0.1) is 0 Å². The lowest BCUT2D eigenvalue weighted by Crippen LogP contribution is -2.25. The zero-order chi connectivity index (χ0) is 20.3. The van der Waals surface area contributed by atoms with Gasteiger partial charge in [-0.3, -0.25) is 9.48 Å². The van der Waals surface area contributed by atoms with E-state index < -0.39 is 6.61 Å². The van der Waals surface area contributed by atoms with Crippen LogP contribution in [0.25, 0.3) is 11.0 Å². The molecule has 9 heteroatoms. The minimum atomic E-state index is -2.92. The van der Waals surface area contributed by atoms with Crippen molar-refractivity contribution in [3.63, 3.8) is 0 Å². The van der Waals surface area contributed by atoms with Gasteiger partial charge < -0.3 is 14.8 Å². The van der Waals surface area contributed by atoms with Gasteiger partial charge in [-0.2, -0.15) is 13.9 Å². The van der Waals surface area contributed by atoms with Gasteiger partial charge in [0.05, 0.1) is 18.4 Å². The number of nitrogens with one attached hydrogen (secondary N) is 1. The number of carbonyl (C=O) groups excluding carboxylic acids is 1. The van der Waals surface area contributed by atoms with E-state index in [2.05, 4.69) is 20.1 Å². The molecule has 3 rings (SSSR count). The number of carbonyl (C=O) groups is 1. The predicted molar refractivity (Wildman–Crippen MR) is 98.9 cm³/mol. The summed E-state index contributed by atoms with van der Waals surface area (Å²) in [5.74, 6) is -0.0652. The third-order valence-electron chi connectivity index (χ3n) is 4.27. The molecule has 1 amide bonds. The van der Waals surface area contributed by atoms with Crippen molar-refractivity contribution >= 4 is 16.9 Å². The molecule has 0 radical (unpaired) electrons. The van der Waals surface area contributed by atoms with Crippen LogP contribution in [-0.4, -0.2) is 40.9 Å². The number of aryl methyl sites for hydroxylation is 2. The van der Waals surface area contributed by atoms with E-state index in [0.29, 0.717) is 24.2 Å². The van der Waals surface area contributed by atoms with E-state index in [1.807, 2.05) is 6.92 Å². The average molecular weight is 390 g/mol. The molecular formula is C19H20F2N4O3. The highest BCUT2D eigenvalue weighted by Crippen LogP contribution is 2.29. The van der Waals surface area contributed by atoms with Crippen LogP contribution in [-0.2, 0) is 13.5 Å². The maximum absolute atomic E-state index is 12.4. The minimum absolute atomic E-state index is 0.0310. The number of fused-ring (bicyclic) bond motifs is 1. The summed E-state index contributed by atoms with van der Waals surface area (Å²) in [4.78, 5) is 16.7. The number of hydrogen-bond acceptors (Lipinski definition) is 5. The molecule has 7 nitrogen and oxygen atoms in total. The Morgan fingerprint density at radius 2 is 2.07 bits per heavy atom. The van der Waals surface area contributed by atoms with Crippen molar-refractivity contribution in [3.05, 3.63) is 47.3 Å². The quantitative estimate of drug-likeness (QED) is 0.671. The number of rotatable bonds is 7. The van der Waals surface area contributed by atoms with Crippen molar-refractivity contribution in [2.24, 2.45) is 7.05 Å². The molecule has 28 heavy (non-hydrogen) atoms. The molecule has 1 N–H and O–H groups in total. The van der Waals surface area contributed by atoms with Gasteiger partial charge in [0.1, 0.15) is 0 Å². The summed E-state index contributed by atoms with van der Waals surface area (Å²) < 4.78 is 35.9. The third kappa shape index (κ3) is 4.19. The van der Waals surface area contributed by atoms with E-state index in [-0.39, 0.29) is 17.4 Å². The molecule has 0 aliphatic rings. The van der Waals surface area contributed by atoms with Crippen molar-refractivity contribution in [3.8, 4) is 11.5 Å². The van der Waals surface area contributed by atoms with Crippen LogP contribution >= 0.6 is 0 Å². The zero-order valence-electron chi connectivity index (χ0n) is 15.7. The number of benzene rings is 1. The Morgan fingerprint density at radius 3 is 2.79 bits per heavy atom. The van der Waals surface area contributed by atoms with Crippen LogP contribution in [0.4, 0.5) is 8.78 Å². The first-order valence-corrected chi connectivity index (χ1v) is 8.58. The number of amides is 1. The molecule has 148 valence electrons. The second-order valence-corrected chi connectivity index (χ2v) is 6.17. The molecule has 0 bridgehead atoms. The molecule has 0 atom stereocenters. The summed E-state index contributed by atoms with van der Waals surface area (Å²) in [5.41, 5.74) is 2.78. The molecule has 0 saturated carbocycles. The lowest BCUT2D eigenvalue weighted by molar-refractivity contribution is -0.0512. The van der Waals surface area contributed by atoms with E-state index in [4.69, 9.17) is 4.74 Å². The Labute approximate surface area is 160 Å². The first kappa shape index (κ1) is 19.5. The summed E-state index contributed by atoms with van der Waals surface area (Å²) in [6, 6.07) is 6.44. The second kappa shape index (κ2) is 8.20. The lowest BCUT2D eigenvalue weighted by Gasteiger charge is -2.11. The van der Waals surface area contributed by atoms with Gasteiger partial charge in [0.15, 0.2) is 17.1 Å². The summed E-state index contributed by atoms with van der Waals surface area (Å²) >= 11 is 0. The van der Waals surface area contributed by atoms with Gasteiger partial charge in [-0.1, -0.05) is 6.07 Å². The van der Waals surface area contributed by atoms with E-state index in [9.17, 15) is 13.6 Å². The van der Waals surface area contributed by atoms with Crippen LogP contribution in [0.1, 0.15) is 21.6 Å². The van der Waals surface area contributed by atoms with Gasteiger partial charge in [0.25, 0.3) is 5.91 Å². The fourth-order valence-corrected chi connectivity index (χ4v) is 2.92. The fraction of sp³-hybridized carbons (Fsp3) is 0.316. The molecule has 0 aliphatic heterocycles. The molecule has 0 aliphatic carbocycles. The molecule has 0 spiro atoms. The molecule has 1 aromatic carbocycles. The molecule has 2 aromatic heterocycles. The molecule has 0 saturated heterocycles. The van der Waals surface area contributed by atoms with Crippen LogP contribution in [0.2, 0.25) is 0 Å². The SMILES string of the molecule is COc1cc(CCNC(=O)c2cnc3c(c2)c(C)nn3C)ccc1OC(F)F. The van der Waals surface area contributed by atoms with Gasteiger partial charge in [0.2, 0.25) is 0 Å². The first-order valence-electron chi connectivity index (χ1n) is 8.58. The average Bonchev–Trinajstić information content (AvgIpc) is 2.95. The van der Waals surface area contributed by atoms with E-state index in [1.54, 1.807) is 29.9 Å². The molecule has 3 aromatic rings. The number of alkyl halides is 2. The number of nitrogens with zero attached hydrogens (tertiary/aromatic N) is 3. The Bertz CT molecular complexity index is 1000. The maximum Gasteiger partial charge on any atom is 0.387 e. The van der Waals surface area contributed by atoms with Gasteiger partial charge in [-0.05, 0) is 37.1 Å². The fourth-order valence-electron chi connectivity index (χ4n) is 2.92. The second-order valence-electron chi connectivity index (χ2n) is 6.17. The van der Waals surface area contributed by atoms with Crippen LogP contribution < -0.4 is 14.8 Å². The van der Waals surface area contributed by atoms with Crippen LogP contribution in [0.3, 0.4) is 0 Å². The summed E-state index contributed by atoms with van der Waals surface area (Å²) in [7, 11) is 3.18. The largest absolute Gasteiger partial charge is 0.493 e. The number of pyridine rings is 1. The molecule has 2 heterocycles. The Balaban J connectivity index is 1.63. The number of ether oxygens (including phenoxy) is 2. The molecule has 0 fully saturated rings. The van der Waals surface area contributed by atoms with Crippen molar-refractivity contribution in [1.29, 1.82) is 0 Å². The van der Waals surface area contributed by atoms with Crippen LogP contribution in [0.15, 0.2) is 30.5 Å². The monoisotopic (exact) mass is 390 g/mol. The molecular weight excluding hydrogens is 370 g/mol. The number of aromatic nitrogens is 3. The summed E-state index contributed by atoms with van der Waals surface area (Å²) in [5, 5.41) is 7.94. The van der Waals surface area contributed by atoms with Crippen molar-refractivity contribution in [2.75, 3.05) is 13.7 Å². The maximum atomic E-state index is 12.4. The number of halogens is 2. The van der Waals surface area contributed by atoms with Gasteiger partial charge >= 0.3 is 6.61 Å². The summed E-state index contributed by atoms with van der Waals surface area (Å²) in [6.07, 6.45) is 2.01. The number of hydrogen-bond donors (Lipinski definition) is 1. The predicted octanol–water partition coefficient (Wildman–Crippen LogP) is 2.86. The minimum Gasteiger partial charge on any atom is -0.493 e. The van der Waals surface area contributed by atoms with E-state index in [1.165, 1.54) is 19.4 Å². The Hall–Kier alpha value is -3.23. The van der Waals surface area contributed by atoms with E-state index >= 15 is 0 Å². The van der Waals surface area contributed by atoms with Crippen molar-refractivity contribution in [1.82, 2.24) is 20.1 Å². The van der Waals surface area contributed by atoms with Crippen LogP contribution in [0.5, 0.6) is 11.5 Å². The van der Waals surface area contributed by atoms with Crippen molar-refractivity contribution < 1.29 is 23.0 Å². The van der Waals surface area contributed by atoms with Gasteiger partial charge in [-0.25, -0.2) is 4.98 Å². The highest BCUT2D eigenvalue weighted by atomic mass is 19.3. The Morgan fingerprint density at radius 1 is 1.29 bits per heavy atom. The number of methoxy groups -OCH3 is 1. The highest BCUT2D eigenvalue weighted by molar-refractivity contribution is 5.97.